The number of rotatable bonds is 9. The summed E-state index contributed by atoms with van der Waals surface area (Å²) in [6.07, 6.45) is 1.24. The van der Waals surface area contributed by atoms with E-state index in [1.54, 1.807) is 6.92 Å². The molecule has 0 spiro atoms. The molecule has 2 aromatic rings. The summed E-state index contributed by atoms with van der Waals surface area (Å²) >= 11 is 0. The Labute approximate surface area is 193 Å². The van der Waals surface area contributed by atoms with Crippen LogP contribution in [0.5, 0.6) is 0 Å². The van der Waals surface area contributed by atoms with E-state index >= 15 is 0 Å². The second kappa shape index (κ2) is 9.25. The summed E-state index contributed by atoms with van der Waals surface area (Å²) in [5.74, 6) is -1.09. The summed E-state index contributed by atoms with van der Waals surface area (Å²) in [6.45, 7) is 3.72. The topological polar surface area (TPSA) is 105 Å². The first-order valence-electron chi connectivity index (χ1n) is 11.4. The van der Waals surface area contributed by atoms with Gasteiger partial charge in [0, 0.05) is 18.4 Å². The number of aliphatic carboxylic acids is 1. The van der Waals surface area contributed by atoms with Gasteiger partial charge in [0.05, 0.1) is 12.0 Å². The maximum absolute atomic E-state index is 12.8. The van der Waals surface area contributed by atoms with Crippen LogP contribution in [0.3, 0.4) is 0 Å². The Morgan fingerprint density at radius 3 is 2.18 bits per heavy atom. The highest BCUT2D eigenvalue weighted by Gasteiger charge is 2.44. The molecular formula is C26H30N2O5. The van der Waals surface area contributed by atoms with Crippen LogP contribution in [0, 0.1) is 5.92 Å². The molecule has 2 amide bonds. The second-order valence-electron chi connectivity index (χ2n) is 9.39. The summed E-state index contributed by atoms with van der Waals surface area (Å²) in [5, 5.41) is 14.5. The Morgan fingerprint density at radius 1 is 1.06 bits per heavy atom. The lowest BCUT2D eigenvalue weighted by Gasteiger charge is -2.31. The largest absolute Gasteiger partial charge is 0.481 e. The number of amides is 2. The fourth-order valence-electron chi connectivity index (χ4n) is 4.85. The molecule has 3 N–H and O–H groups in total. The van der Waals surface area contributed by atoms with Gasteiger partial charge in [-0.25, -0.2) is 4.79 Å². The lowest BCUT2D eigenvalue weighted by molar-refractivity contribution is -0.137. The van der Waals surface area contributed by atoms with E-state index in [2.05, 4.69) is 34.9 Å². The molecule has 0 radical (unpaired) electrons. The normalized spacial score (nSPS) is 17.3. The zero-order valence-corrected chi connectivity index (χ0v) is 19.0. The molecule has 174 valence electrons. The third kappa shape index (κ3) is 5.18. The van der Waals surface area contributed by atoms with Gasteiger partial charge in [-0.2, -0.15) is 0 Å². The van der Waals surface area contributed by atoms with Crippen LogP contribution < -0.4 is 10.6 Å². The summed E-state index contributed by atoms with van der Waals surface area (Å²) in [6, 6.07) is 15.8. The van der Waals surface area contributed by atoms with E-state index in [-0.39, 0.29) is 37.2 Å². The van der Waals surface area contributed by atoms with Crippen LogP contribution in [-0.2, 0) is 14.3 Å². The molecule has 0 heterocycles. The number of carboxylic acids is 1. The molecule has 2 aliphatic rings. The van der Waals surface area contributed by atoms with Crippen molar-refractivity contribution < 1.29 is 24.2 Å². The van der Waals surface area contributed by atoms with Gasteiger partial charge in [0.2, 0.25) is 5.91 Å². The molecule has 4 rings (SSSR count). The fourth-order valence-corrected chi connectivity index (χ4v) is 4.85. The molecule has 2 aliphatic carbocycles. The molecule has 0 bridgehead atoms. The van der Waals surface area contributed by atoms with Gasteiger partial charge in [0.25, 0.3) is 0 Å². The van der Waals surface area contributed by atoms with E-state index in [4.69, 9.17) is 9.84 Å². The van der Waals surface area contributed by atoms with Gasteiger partial charge in [0.15, 0.2) is 0 Å². The Hall–Kier alpha value is -3.35. The quantitative estimate of drug-likeness (QED) is 0.534. The van der Waals surface area contributed by atoms with Crippen LogP contribution in [0.15, 0.2) is 48.5 Å². The van der Waals surface area contributed by atoms with E-state index in [1.807, 2.05) is 31.2 Å². The minimum atomic E-state index is -0.968. The fraction of sp³-hybridized carbons (Fsp3) is 0.423. The summed E-state index contributed by atoms with van der Waals surface area (Å²) in [4.78, 5) is 36.1. The number of carbonyl (C=O) groups excluding carboxylic acids is 2. The molecule has 2 unspecified atom stereocenters. The third-order valence-electron chi connectivity index (χ3n) is 6.63. The van der Waals surface area contributed by atoms with Crippen LogP contribution in [0.4, 0.5) is 4.79 Å². The van der Waals surface area contributed by atoms with Gasteiger partial charge in [-0.3, -0.25) is 9.59 Å². The molecule has 2 atom stereocenters. The van der Waals surface area contributed by atoms with Gasteiger partial charge in [-0.15, -0.1) is 0 Å². The van der Waals surface area contributed by atoms with Gasteiger partial charge in [0.1, 0.15) is 6.61 Å². The average molecular weight is 451 g/mol. The highest BCUT2D eigenvalue weighted by atomic mass is 16.5. The van der Waals surface area contributed by atoms with Crippen LogP contribution >= 0.6 is 0 Å². The van der Waals surface area contributed by atoms with Crippen molar-refractivity contribution in [1.29, 1.82) is 0 Å². The average Bonchev–Trinajstić information content (AvgIpc) is 3.56. The molecule has 0 saturated heterocycles. The van der Waals surface area contributed by atoms with Crippen molar-refractivity contribution in [2.75, 3.05) is 6.61 Å². The Kier molecular flexibility index (Phi) is 6.40. The molecule has 33 heavy (non-hydrogen) atoms. The number of hydrogen-bond donors (Lipinski definition) is 3. The second-order valence-corrected chi connectivity index (χ2v) is 9.39. The molecule has 0 aromatic heterocycles. The predicted molar refractivity (Wildman–Crippen MR) is 124 cm³/mol. The number of alkyl carbamates (subject to hydrolysis) is 1. The summed E-state index contributed by atoms with van der Waals surface area (Å²) in [7, 11) is 0. The molecule has 1 fully saturated rings. The smallest absolute Gasteiger partial charge is 0.407 e. The summed E-state index contributed by atoms with van der Waals surface area (Å²) in [5.41, 5.74) is 3.87. The van der Waals surface area contributed by atoms with E-state index in [0.29, 0.717) is 0 Å². The van der Waals surface area contributed by atoms with E-state index < -0.39 is 23.6 Å². The first-order chi connectivity index (χ1) is 15.8. The Morgan fingerprint density at radius 2 is 1.64 bits per heavy atom. The van der Waals surface area contributed by atoms with Crippen molar-refractivity contribution in [2.45, 2.75) is 57.0 Å². The molecule has 1 saturated carbocycles. The number of carboxylic acid groups (broad SMARTS) is 1. The number of hydrogen-bond acceptors (Lipinski definition) is 4. The number of nitrogens with one attached hydrogen (secondary N) is 2. The first kappa shape index (κ1) is 22.8. The number of ether oxygens (including phenoxy) is 1. The lowest BCUT2D eigenvalue weighted by atomic mass is 9.91. The lowest BCUT2D eigenvalue weighted by Crippen LogP contribution is -2.52. The molecular weight excluding hydrogens is 420 g/mol. The molecule has 7 nitrogen and oxygen atoms in total. The van der Waals surface area contributed by atoms with Crippen LogP contribution in [0.25, 0.3) is 11.1 Å². The van der Waals surface area contributed by atoms with Crippen molar-refractivity contribution in [1.82, 2.24) is 10.6 Å². The van der Waals surface area contributed by atoms with Crippen LogP contribution in [0.2, 0.25) is 0 Å². The highest BCUT2D eigenvalue weighted by molar-refractivity contribution is 5.80. The van der Waals surface area contributed by atoms with Crippen LogP contribution in [-0.4, -0.2) is 41.3 Å². The Balaban J connectivity index is 1.38. The van der Waals surface area contributed by atoms with E-state index in [0.717, 1.165) is 35.1 Å². The van der Waals surface area contributed by atoms with Gasteiger partial charge in [-0.1, -0.05) is 48.5 Å². The zero-order valence-electron chi connectivity index (χ0n) is 19.0. The minimum absolute atomic E-state index is 0.0319. The van der Waals surface area contributed by atoms with Crippen molar-refractivity contribution in [3.05, 3.63) is 59.7 Å². The number of fused-ring (bicyclic) bond motifs is 3. The number of benzene rings is 2. The zero-order chi connectivity index (χ0) is 23.6. The minimum Gasteiger partial charge on any atom is -0.481 e. The SMILES string of the molecule is CC(CC(=O)O)NC(=O)CC(C)(NC(=O)OCC1c2ccccc2-c2ccccc21)C1CC1. The maximum atomic E-state index is 12.8. The highest BCUT2D eigenvalue weighted by Crippen LogP contribution is 2.45. The van der Waals surface area contributed by atoms with Crippen molar-refractivity contribution in [3.63, 3.8) is 0 Å². The van der Waals surface area contributed by atoms with Crippen molar-refractivity contribution >= 4 is 18.0 Å². The standard InChI is InChI=1S/C26H30N2O5/c1-16(13-24(30)31)27-23(29)14-26(2,17-11-12-17)28-25(32)33-15-22-20-9-5-3-7-18(20)19-8-4-6-10-21(19)22/h3-10,16-17,22H,11-15H2,1-2H3,(H,27,29)(H,28,32)(H,30,31). The maximum Gasteiger partial charge on any atom is 0.407 e. The predicted octanol–water partition coefficient (Wildman–Crippen LogP) is 4.06. The van der Waals surface area contributed by atoms with Crippen molar-refractivity contribution in [3.8, 4) is 11.1 Å². The first-order valence-corrected chi connectivity index (χ1v) is 11.4. The monoisotopic (exact) mass is 450 g/mol. The third-order valence-corrected chi connectivity index (χ3v) is 6.63. The van der Waals surface area contributed by atoms with E-state index in [1.165, 1.54) is 0 Å². The molecule has 7 heteroatoms. The van der Waals surface area contributed by atoms with E-state index in [9.17, 15) is 14.4 Å². The molecule has 0 aliphatic heterocycles. The van der Waals surface area contributed by atoms with Crippen LogP contribution in [0.1, 0.15) is 56.6 Å². The van der Waals surface area contributed by atoms with Gasteiger partial charge < -0.3 is 20.5 Å². The van der Waals surface area contributed by atoms with Crippen molar-refractivity contribution in [2.24, 2.45) is 5.92 Å². The van der Waals surface area contributed by atoms with Gasteiger partial charge >= 0.3 is 12.1 Å². The number of carbonyl (C=O) groups is 3. The molecule has 2 aromatic carbocycles. The Bertz CT molecular complexity index is 1020. The summed E-state index contributed by atoms with van der Waals surface area (Å²) < 4.78 is 5.67. The van der Waals surface area contributed by atoms with Gasteiger partial charge in [-0.05, 0) is 54.9 Å².